The molecule has 4 aromatic rings. The summed E-state index contributed by atoms with van der Waals surface area (Å²) in [6, 6.07) is 9.13. The second kappa shape index (κ2) is 5.49. The Balaban J connectivity index is 1.56. The number of hydrogen-bond donors (Lipinski definition) is 0. The first-order valence-corrected chi connectivity index (χ1v) is 9.64. The fourth-order valence-corrected chi connectivity index (χ4v) is 4.14. The topological polar surface area (TPSA) is 61.4 Å². The van der Waals surface area contributed by atoms with Gasteiger partial charge in [-0.2, -0.15) is 5.10 Å². The van der Waals surface area contributed by atoms with Crippen LogP contribution in [0.1, 0.15) is 36.8 Å². The van der Waals surface area contributed by atoms with Crippen LogP contribution >= 0.6 is 0 Å². The van der Waals surface area contributed by atoms with Crippen molar-refractivity contribution < 1.29 is 0 Å². The number of nitrogens with zero attached hydrogens (tertiary/aromatic N) is 6. The number of aromatic nitrogens is 6. The van der Waals surface area contributed by atoms with Gasteiger partial charge in [0.25, 0.3) is 0 Å². The van der Waals surface area contributed by atoms with Crippen molar-refractivity contribution in [1.82, 2.24) is 29.3 Å². The molecule has 6 heteroatoms. The fourth-order valence-electron chi connectivity index (χ4n) is 4.14. The molecule has 2 aliphatic rings. The zero-order chi connectivity index (χ0) is 18.0. The first kappa shape index (κ1) is 15.1. The van der Waals surface area contributed by atoms with Crippen molar-refractivity contribution in [3.05, 3.63) is 48.3 Å². The van der Waals surface area contributed by atoms with Gasteiger partial charge >= 0.3 is 0 Å². The molecule has 0 bridgehead atoms. The lowest BCUT2D eigenvalue weighted by Gasteiger charge is -2.09. The average molecular weight is 356 g/mol. The van der Waals surface area contributed by atoms with Crippen molar-refractivity contribution in [1.29, 1.82) is 0 Å². The Hall–Kier alpha value is -3.02. The second-order valence-corrected chi connectivity index (χ2v) is 7.58. The molecule has 4 heterocycles. The molecule has 0 atom stereocenters. The van der Waals surface area contributed by atoms with Gasteiger partial charge in [0, 0.05) is 35.8 Å². The van der Waals surface area contributed by atoms with Crippen molar-refractivity contribution in [2.75, 3.05) is 0 Å². The molecule has 134 valence electrons. The summed E-state index contributed by atoms with van der Waals surface area (Å²) < 4.78 is 4.47. The fraction of sp³-hybridized carbons (Fsp3) is 0.333. The number of rotatable bonds is 3. The third-order valence-corrected chi connectivity index (χ3v) is 5.71. The van der Waals surface area contributed by atoms with Gasteiger partial charge in [0.15, 0.2) is 0 Å². The van der Waals surface area contributed by atoms with Crippen molar-refractivity contribution in [2.45, 2.75) is 45.2 Å². The number of aryl methyl sites for hydroxylation is 2. The third-order valence-electron chi connectivity index (χ3n) is 5.71. The monoisotopic (exact) mass is 356 g/mol. The highest BCUT2D eigenvalue weighted by molar-refractivity contribution is 5.88. The molecule has 1 fully saturated rings. The largest absolute Gasteiger partial charge is 0.327 e. The van der Waals surface area contributed by atoms with E-state index in [4.69, 9.17) is 10.1 Å². The van der Waals surface area contributed by atoms with Gasteiger partial charge in [-0.1, -0.05) is 6.07 Å². The van der Waals surface area contributed by atoms with Crippen LogP contribution in [-0.2, 0) is 13.0 Å². The summed E-state index contributed by atoms with van der Waals surface area (Å²) in [7, 11) is 0. The molecule has 1 aliphatic carbocycles. The summed E-state index contributed by atoms with van der Waals surface area (Å²) in [6.07, 6.45) is 8.38. The van der Waals surface area contributed by atoms with E-state index >= 15 is 0 Å². The Morgan fingerprint density at radius 3 is 2.93 bits per heavy atom. The minimum Gasteiger partial charge on any atom is -0.327 e. The normalized spacial score (nSPS) is 16.2. The highest BCUT2D eigenvalue weighted by Gasteiger charge is 2.27. The molecule has 0 spiro atoms. The smallest absolute Gasteiger partial charge is 0.117 e. The maximum absolute atomic E-state index is 4.99. The molecule has 1 saturated carbocycles. The van der Waals surface area contributed by atoms with Gasteiger partial charge in [-0.15, -0.1) is 0 Å². The first-order valence-electron chi connectivity index (χ1n) is 9.64. The van der Waals surface area contributed by atoms with Gasteiger partial charge in [0.2, 0.25) is 0 Å². The van der Waals surface area contributed by atoms with E-state index < -0.39 is 0 Å². The molecule has 0 radical (unpaired) electrons. The standard InChI is InChI=1S/C21H20N6/c1-13-16-11-14(4-7-17(16)23-12-22-13)21-20(24-19-3-2-9-26(19)21)18-8-10-27(25-18)15-5-6-15/h4,7-8,10-12,15H,2-3,5-6,9H2,1H3. The number of imidazole rings is 1. The Morgan fingerprint density at radius 1 is 1.11 bits per heavy atom. The van der Waals surface area contributed by atoms with Gasteiger partial charge < -0.3 is 4.57 Å². The molecule has 27 heavy (non-hydrogen) atoms. The van der Waals surface area contributed by atoms with Crippen molar-refractivity contribution in [2.24, 2.45) is 0 Å². The molecule has 0 amide bonds. The van der Waals surface area contributed by atoms with E-state index in [-0.39, 0.29) is 0 Å². The van der Waals surface area contributed by atoms with E-state index in [1.54, 1.807) is 6.33 Å². The highest BCUT2D eigenvalue weighted by Crippen LogP contribution is 2.38. The quantitative estimate of drug-likeness (QED) is 0.558. The molecule has 3 aromatic heterocycles. The van der Waals surface area contributed by atoms with Crippen LogP contribution in [-0.4, -0.2) is 29.3 Å². The van der Waals surface area contributed by atoms with Gasteiger partial charge in [-0.3, -0.25) is 4.68 Å². The van der Waals surface area contributed by atoms with Crippen LogP contribution in [0.3, 0.4) is 0 Å². The van der Waals surface area contributed by atoms with E-state index in [1.807, 2.05) is 6.92 Å². The van der Waals surface area contributed by atoms with Crippen LogP contribution in [0.5, 0.6) is 0 Å². The maximum atomic E-state index is 4.99. The van der Waals surface area contributed by atoms with E-state index in [0.717, 1.165) is 52.9 Å². The minimum atomic E-state index is 0.581. The van der Waals surface area contributed by atoms with Gasteiger partial charge in [-0.05, 0) is 44.4 Å². The molecule has 0 N–H and O–H groups in total. The van der Waals surface area contributed by atoms with Gasteiger partial charge in [-0.25, -0.2) is 15.0 Å². The highest BCUT2D eigenvalue weighted by atomic mass is 15.3. The van der Waals surface area contributed by atoms with Crippen molar-refractivity contribution in [3.8, 4) is 22.6 Å². The summed E-state index contributed by atoms with van der Waals surface area (Å²) in [5, 5.41) is 5.93. The predicted molar refractivity (Wildman–Crippen MR) is 103 cm³/mol. The van der Waals surface area contributed by atoms with Crippen LogP contribution in [0.4, 0.5) is 0 Å². The zero-order valence-electron chi connectivity index (χ0n) is 15.3. The molecule has 0 saturated heterocycles. The first-order chi connectivity index (χ1) is 13.3. The molecule has 1 aromatic carbocycles. The van der Waals surface area contributed by atoms with Gasteiger partial charge in [0.05, 0.1) is 17.3 Å². The molecule has 0 unspecified atom stereocenters. The van der Waals surface area contributed by atoms with Crippen LogP contribution in [0.15, 0.2) is 36.8 Å². The Bertz CT molecular complexity index is 1180. The number of fused-ring (bicyclic) bond motifs is 2. The van der Waals surface area contributed by atoms with E-state index in [1.165, 1.54) is 24.4 Å². The lowest BCUT2D eigenvalue weighted by molar-refractivity contribution is 0.643. The van der Waals surface area contributed by atoms with Crippen molar-refractivity contribution in [3.63, 3.8) is 0 Å². The Kier molecular flexibility index (Phi) is 3.06. The summed E-state index contributed by atoms with van der Waals surface area (Å²) in [5.74, 6) is 1.17. The average Bonchev–Trinajstić information content (AvgIpc) is 3.09. The Morgan fingerprint density at radius 2 is 2.04 bits per heavy atom. The van der Waals surface area contributed by atoms with Gasteiger partial charge in [0.1, 0.15) is 23.5 Å². The predicted octanol–water partition coefficient (Wildman–Crippen LogP) is 3.95. The van der Waals surface area contributed by atoms with Crippen LogP contribution in [0.2, 0.25) is 0 Å². The molecular weight excluding hydrogens is 336 g/mol. The lowest BCUT2D eigenvalue weighted by Crippen LogP contribution is -1.98. The Labute approximate surface area is 156 Å². The summed E-state index contributed by atoms with van der Waals surface area (Å²) >= 11 is 0. The second-order valence-electron chi connectivity index (χ2n) is 7.58. The maximum Gasteiger partial charge on any atom is 0.117 e. The SMILES string of the molecule is Cc1ncnc2ccc(-c3c(-c4ccn(C5CC5)n4)nc4n3CCC4)cc12. The van der Waals surface area contributed by atoms with Crippen LogP contribution in [0, 0.1) is 6.92 Å². The van der Waals surface area contributed by atoms with E-state index in [9.17, 15) is 0 Å². The summed E-state index contributed by atoms with van der Waals surface area (Å²) in [4.78, 5) is 13.8. The summed E-state index contributed by atoms with van der Waals surface area (Å²) in [6.45, 7) is 3.05. The lowest BCUT2D eigenvalue weighted by atomic mass is 10.0. The minimum absolute atomic E-state index is 0.581. The number of hydrogen-bond acceptors (Lipinski definition) is 4. The molecule has 1 aliphatic heterocycles. The third kappa shape index (κ3) is 2.32. The van der Waals surface area contributed by atoms with E-state index in [0.29, 0.717) is 6.04 Å². The summed E-state index contributed by atoms with van der Waals surface area (Å²) in [5.41, 5.74) is 6.29. The molecular formula is C21H20N6. The zero-order valence-corrected chi connectivity index (χ0v) is 15.3. The van der Waals surface area contributed by atoms with Crippen LogP contribution < -0.4 is 0 Å². The number of benzene rings is 1. The van der Waals surface area contributed by atoms with Crippen LogP contribution in [0.25, 0.3) is 33.5 Å². The molecule has 6 rings (SSSR count). The molecule has 6 nitrogen and oxygen atoms in total. The van der Waals surface area contributed by atoms with E-state index in [2.05, 4.69) is 49.7 Å². The van der Waals surface area contributed by atoms with Crippen molar-refractivity contribution >= 4 is 10.9 Å².